The van der Waals surface area contributed by atoms with Crippen LogP contribution in [0.1, 0.15) is 46.4 Å². The molecular formula is C20H20N4O3S. The van der Waals surface area contributed by atoms with Crippen molar-refractivity contribution in [3.05, 3.63) is 46.1 Å². The van der Waals surface area contributed by atoms with Crippen molar-refractivity contribution in [3.8, 4) is 0 Å². The number of esters is 1. The normalized spacial score (nSPS) is 13.2. The molecule has 0 bridgehead atoms. The Morgan fingerprint density at radius 3 is 2.82 bits per heavy atom. The summed E-state index contributed by atoms with van der Waals surface area (Å²) in [5.74, 6) is -0.919. The number of nitrogens with zero attached hydrogens (tertiary/aromatic N) is 3. The van der Waals surface area contributed by atoms with Crippen molar-refractivity contribution in [1.29, 1.82) is 0 Å². The number of anilines is 1. The SMILES string of the molecule is CCc1nnc(NC(=O)COC(=O)c2c3c(nc4ccccc24)CCCC3)s1. The van der Waals surface area contributed by atoms with E-state index in [1.54, 1.807) is 0 Å². The Hall–Kier alpha value is -2.87. The predicted molar refractivity (Wildman–Crippen MR) is 107 cm³/mol. The number of hydrogen-bond acceptors (Lipinski definition) is 7. The molecular weight excluding hydrogens is 376 g/mol. The molecule has 0 atom stereocenters. The van der Waals surface area contributed by atoms with Crippen LogP contribution in [0.25, 0.3) is 10.9 Å². The zero-order valence-electron chi connectivity index (χ0n) is 15.5. The van der Waals surface area contributed by atoms with Crippen molar-refractivity contribution in [2.24, 2.45) is 0 Å². The van der Waals surface area contributed by atoms with Crippen LogP contribution in [-0.2, 0) is 28.8 Å². The largest absolute Gasteiger partial charge is 0.452 e. The Morgan fingerprint density at radius 2 is 2.00 bits per heavy atom. The third-order valence-electron chi connectivity index (χ3n) is 4.72. The molecule has 8 heteroatoms. The minimum atomic E-state index is -0.488. The fourth-order valence-corrected chi connectivity index (χ4v) is 4.11. The molecule has 144 valence electrons. The second-order valence-corrected chi connectivity index (χ2v) is 7.68. The second kappa shape index (κ2) is 8.02. The first-order valence-electron chi connectivity index (χ1n) is 9.35. The number of carbonyl (C=O) groups excluding carboxylic acids is 2. The third kappa shape index (κ3) is 3.73. The number of hydrogen-bond donors (Lipinski definition) is 1. The van der Waals surface area contributed by atoms with Crippen LogP contribution in [0.2, 0.25) is 0 Å². The van der Waals surface area contributed by atoms with E-state index in [0.717, 1.165) is 59.3 Å². The van der Waals surface area contributed by atoms with Crippen LogP contribution in [-0.4, -0.2) is 33.7 Å². The van der Waals surface area contributed by atoms with E-state index in [1.165, 1.54) is 11.3 Å². The molecule has 0 saturated carbocycles. The van der Waals surface area contributed by atoms with Gasteiger partial charge in [0, 0.05) is 11.1 Å². The number of ether oxygens (including phenoxy) is 1. The molecule has 0 spiro atoms. The highest BCUT2D eigenvalue weighted by molar-refractivity contribution is 7.15. The number of nitrogens with one attached hydrogen (secondary N) is 1. The Bertz CT molecular complexity index is 1050. The fraction of sp³-hybridized carbons (Fsp3) is 0.350. The van der Waals surface area contributed by atoms with Gasteiger partial charge in [0.25, 0.3) is 5.91 Å². The topological polar surface area (TPSA) is 94.1 Å². The van der Waals surface area contributed by atoms with Gasteiger partial charge in [-0.1, -0.05) is 36.5 Å². The van der Waals surface area contributed by atoms with Crippen LogP contribution >= 0.6 is 11.3 Å². The predicted octanol–water partition coefficient (Wildman–Crippen LogP) is 3.32. The van der Waals surface area contributed by atoms with E-state index in [2.05, 4.69) is 15.5 Å². The molecule has 0 saturated heterocycles. The minimum absolute atomic E-state index is 0.370. The Balaban J connectivity index is 1.53. The highest BCUT2D eigenvalue weighted by atomic mass is 32.1. The zero-order valence-corrected chi connectivity index (χ0v) is 16.3. The number of para-hydroxylation sites is 1. The summed E-state index contributed by atoms with van der Waals surface area (Å²) >= 11 is 1.31. The highest BCUT2D eigenvalue weighted by Crippen LogP contribution is 2.29. The summed E-state index contributed by atoms with van der Waals surface area (Å²) in [5, 5.41) is 12.5. The highest BCUT2D eigenvalue weighted by Gasteiger charge is 2.24. The lowest BCUT2D eigenvalue weighted by molar-refractivity contribution is -0.119. The maximum atomic E-state index is 12.9. The van der Waals surface area contributed by atoms with Gasteiger partial charge in [-0.3, -0.25) is 15.1 Å². The molecule has 28 heavy (non-hydrogen) atoms. The third-order valence-corrected chi connectivity index (χ3v) is 5.71. The molecule has 2 heterocycles. The second-order valence-electron chi connectivity index (χ2n) is 6.62. The van der Waals surface area contributed by atoms with Gasteiger partial charge in [-0.25, -0.2) is 4.79 Å². The van der Waals surface area contributed by atoms with Gasteiger partial charge in [0.15, 0.2) is 6.61 Å². The zero-order chi connectivity index (χ0) is 19.5. The molecule has 1 aromatic carbocycles. The summed E-state index contributed by atoms with van der Waals surface area (Å²) in [5.41, 5.74) is 3.23. The van der Waals surface area contributed by atoms with E-state index in [9.17, 15) is 9.59 Å². The number of fused-ring (bicyclic) bond motifs is 2. The van der Waals surface area contributed by atoms with E-state index in [-0.39, 0.29) is 6.61 Å². The van der Waals surface area contributed by atoms with Crippen LogP contribution in [0.5, 0.6) is 0 Å². The van der Waals surface area contributed by atoms with Crippen LogP contribution in [0, 0.1) is 0 Å². The van der Waals surface area contributed by atoms with Crippen molar-refractivity contribution >= 4 is 39.2 Å². The van der Waals surface area contributed by atoms with Gasteiger partial charge in [0.05, 0.1) is 11.1 Å². The van der Waals surface area contributed by atoms with E-state index in [1.807, 2.05) is 31.2 Å². The van der Waals surface area contributed by atoms with Crippen LogP contribution in [0.15, 0.2) is 24.3 Å². The minimum Gasteiger partial charge on any atom is -0.452 e. The van der Waals surface area contributed by atoms with Gasteiger partial charge >= 0.3 is 5.97 Å². The fourth-order valence-electron chi connectivity index (χ4n) is 3.41. The molecule has 0 fully saturated rings. The van der Waals surface area contributed by atoms with Gasteiger partial charge < -0.3 is 4.74 Å². The van der Waals surface area contributed by atoms with E-state index in [0.29, 0.717) is 10.7 Å². The van der Waals surface area contributed by atoms with Gasteiger partial charge in [-0.15, -0.1) is 10.2 Å². The van der Waals surface area contributed by atoms with Crippen molar-refractivity contribution < 1.29 is 14.3 Å². The van der Waals surface area contributed by atoms with Gasteiger partial charge in [-0.05, 0) is 43.7 Å². The van der Waals surface area contributed by atoms with Crippen molar-refractivity contribution in [3.63, 3.8) is 0 Å². The van der Waals surface area contributed by atoms with Gasteiger partial charge in [-0.2, -0.15) is 0 Å². The lowest BCUT2D eigenvalue weighted by Gasteiger charge is -2.19. The van der Waals surface area contributed by atoms with Gasteiger partial charge in [0.1, 0.15) is 5.01 Å². The first-order chi connectivity index (χ1) is 13.7. The number of aryl methyl sites for hydroxylation is 2. The molecule has 0 aliphatic heterocycles. The van der Waals surface area contributed by atoms with Crippen molar-refractivity contribution in [2.75, 3.05) is 11.9 Å². The molecule has 3 aromatic rings. The van der Waals surface area contributed by atoms with Crippen molar-refractivity contribution in [1.82, 2.24) is 15.2 Å². The molecule has 1 aliphatic rings. The molecule has 0 unspecified atom stereocenters. The molecule has 2 aromatic heterocycles. The average Bonchev–Trinajstić information content (AvgIpc) is 3.17. The number of rotatable bonds is 5. The number of pyridine rings is 1. The molecule has 1 aliphatic carbocycles. The first-order valence-corrected chi connectivity index (χ1v) is 10.2. The molecule has 4 rings (SSSR count). The maximum absolute atomic E-state index is 12.9. The molecule has 1 N–H and O–H groups in total. The summed E-state index contributed by atoms with van der Waals surface area (Å²) in [6, 6.07) is 7.55. The standard InChI is InChI=1S/C20H20N4O3S/c1-2-17-23-24-20(28-17)22-16(25)11-27-19(26)18-12-7-3-5-9-14(12)21-15-10-6-4-8-13(15)18/h3,5,7,9H,2,4,6,8,10-11H2,1H3,(H,22,24,25). The van der Waals surface area contributed by atoms with E-state index >= 15 is 0 Å². The van der Waals surface area contributed by atoms with Crippen LogP contribution in [0.3, 0.4) is 0 Å². The Morgan fingerprint density at radius 1 is 1.18 bits per heavy atom. The van der Waals surface area contributed by atoms with Crippen molar-refractivity contribution in [2.45, 2.75) is 39.0 Å². The number of carbonyl (C=O) groups is 2. The monoisotopic (exact) mass is 396 g/mol. The summed E-state index contributed by atoms with van der Waals surface area (Å²) in [4.78, 5) is 29.7. The van der Waals surface area contributed by atoms with Gasteiger partial charge in [0.2, 0.25) is 5.13 Å². The summed E-state index contributed by atoms with van der Waals surface area (Å²) in [7, 11) is 0. The van der Waals surface area contributed by atoms with E-state index < -0.39 is 11.9 Å². The Kier molecular flexibility index (Phi) is 5.29. The summed E-state index contributed by atoms with van der Waals surface area (Å²) < 4.78 is 5.35. The number of benzene rings is 1. The summed E-state index contributed by atoms with van der Waals surface area (Å²) in [6.45, 7) is 1.60. The average molecular weight is 396 g/mol. The van der Waals surface area contributed by atoms with E-state index in [4.69, 9.17) is 9.72 Å². The number of amides is 1. The smallest absolute Gasteiger partial charge is 0.339 e. The lowest BCUT2D eigenvalue weighted by atomic mass is 9.90. The molecule has 1 amide bonds. The first kappa shape index (κ1) is 18.5. The lowest BCUT2D eigenvalue weighted by Crippen LogP contribution is -2.22. The molecule has 7 nitrogen and oxygen atoms in total. The van der Waals surface area contributed by atoms with Crippen LogP contribution in [0.4, 0.5) is 5.13 Å². The Labute approximate surface area is 166 Å². The van der Waals surface area contributed by atoms with Crippen LogP contribution < -0.4 is 5.32 Å². The quantitative estimate of drug-likeness (QED) is 0.665. The summed E-state index contributed by atoms with van der Waals surface area (Å²) in [6.07, 6.45) is 4.50. The number of aromatic nitrogens is 3. The maximum Gasteiger partial charge on any atom is 0.339 e. The molecule has 0 radical (unpaired) electrons.